The van der Waals surface area contributed by atoms with Crippen LogP contribution in [-0.4, -0.2) is 4.98 Å². The van der Waals surface area contributed by atoms with Crippen LogP contribution in [0.3, 0.4) is 0 Å². The number of benzene rings is 3. The van der Waals surface area contributed by atoms with Gasteiger partial charge in [-0.1, -0.05) is 71.2 Å². The van der Waals surface area contributed by atoms with Gasteiger partial charge in [-0.2, -0.15) is 5.10 Å². The van der Waals surface area contributed by atoms with E-state index in [9.17, 15) is 0 Å². The number of aromatic nitrogens is 1. The number of anilines is 1. The number of rotatable bonds is 3. The molecular weight excluding hydrogens is 429 g/mol. The number of nitrogens with zero attached hydrogens (tertiary/aromatic N) is 2. The second kappa shape index (κ2) is 8.06. The molecule has 0 aliphatic heterocycles. The van der Waals surface area contributed by atoms with Crippen LogP contribution in [0.15, 0.2) is 88.4 Å². The number of para-hydroxylation sites is 1. The Balaban J connectivity index is 1.66. The molecule has 2 aromatic heterocycles. The van der Waals surface area contributed by atoms with Crippen LogP contribution in [0, 0.1) is 6.92 Å². The number of fused-ring (bicyclic) bond motifs is 2. The molecule has 5 rings (SSSR count). The second-order valence-corrected chi connectivity index (χ2v) is 8.08. The zero-order chi connectivity index (χ0) is 21.4. The number of aryl methyl sites for hydroxylation is 1. The summed E-state index contributed by atoms with van der Waals surface area (Å²) in [4.78, 5) is 4.62. The lowest BCUT2D eigenvalue weighted by atomic mass is 10.1. The molecule has 5 aromatic rings. The summed E-state index contributed by atoms with van der Waals surface area (Å²) in [7, 11) is 0. The highest BCUT2D eigenvalue weighted by Gasteiger charge is 2.11. The quantitative estimate of drug-likeness (QED) is 0.299. The largest absolute Gasteiger partial charge is 0.454 e. The number of pyridine rings is 1. The maximum absolute atomic E-state index is 6.45. The molecule has 0 unspecified atom stereocenters. The summed E-state index contributed by atoms with van der Waals surface area (Å²) in [5, 5.41) is 7.97. The smallest absolute Gasteiger partial charge is 0.155 e. The molecule has 0 fully saturated rings. The molecule has 0 aliphatic rings. The van der Waals surface area contributed by atoms with Gasteiger partial charge in [-0.15, -0.1) is 0 Å². The molecule has 0 saturated heterocycles. The first-order valence-electron chi connectivity index (χ1n) is 9.72. The first-order valence-corrected chi connectivity index (χ1v) is 10.5. The summed E-state index contributed by atoms with van der Waals surface area (Å²) >= 11 is 12.7. The topological polar surface area (TPSA) is 50.4 Å². The monoisotopic (exact) mass is 445 g/mol. The van der Waals surface area contributed by atoms with Gasteiger partial charge >= 0.3 is 0 Å². The van der Waals surface area contributed by atoms with E-state index in [1.807, 2.05) is 73.7 Å². The molecule has 0 atom stereocenters. The van der Waals surface area contributed by atoms with Gasteiger partial charge in [0, 0.05) is 27.4 Å². The van der Waals surface area contributed by atoms with E-state index in [4.69, 9.17) is 27.6 Å². The van der Waals surface area contributed by atoms with Crippen molar-refractivity contribution in [2.45, 2.75) is 6.92 Å². The van der Waals surface area contributed by atoms with Crippen molar-refractivity contribution < 1.29 is 4.42 Å². The standard InChI is InChI=1S/C25H17Cl2N3O/c1-15-6-8-17(9-7-15)23-14-22(19-12-18(26)13-20(27)25(19)31-23)29-30-24-11-10-16-4-2-3-5-21(16)28-24/h2-14H,1H3,(H,28,30). The van der Waals surface area contributed by atoms with E-state index in [2.05, 4.69) is 15.5 Å². The van der Waals surface area contributed by atoms with Gasteiger partial charge in [0.15, 0.2) is 5.58 Å². The molecule has 6 heteroatoms. The predicted molar refractivity (Wildman–Crippen MR) is 127 cm³/mol. The summed E-state index contributed by atoms with van der Waals surface area (Å²) < 4.78 is 6.13. The Hall–Kier alpha value is -3.34. The van der Waals surface area contributed by atoms with Crippen LogP contribution in [-0.2, 0) is 0 Å². The van der Waals surface area contributed by atoms with Crippen LogP contribution in [0.4, 0.5) is 5.82 Å². The van der Waals surface area contributed by atoms with E-state index in [1.54, 1.807) is 12.1 Å². The number of halogens is 2. The summed E-state index contributed by atoms with van der Waals surface area (Å²) in [6.07, 6.45) is 0. The SMILES string of the molecule is Cc1ccc(-c2cc(=NNc3ccc4ccccc4n3)c3cc(Cl)cc(Cl)c3o2)cc1. The van der Waals surface area contributed by atoms with Crippen LogP contribution >= 0.6 is 23.2 Å². The average Bonchev–Trinajstić information content (AvgIpc) is 2.78. The van der Waals surface area contributed by atoms with Gasteiger partial charge in [-0.25, -0.2) is 4.98 Å². The molecule has 3 aromatic carbocycles. The Morgan fingerprint density at radius 3 is 2.55 bits per heavy atom. The normalized spacial score (nSPS) is 11.9. The van der Waals surface area contributed by atoms with Crippen molar-refractivity contribution in [3.63, 3.8) is 0 Å². The van der Waals surface area contributed by atoms with Crippen molar-refractivity contribution in [3.8, 4) is 11.3 Å². The van der Waals surface area contributed by atoms with E-state index in [-0.39, 0.29) is 0 Å². The summed E-state index contributed by atoms with van der Waals surface area (Å²) in [6.45, 7) is 2.04. The van der Waals surface area contributed by atoms with Crippen molar-refractivity contribution in [2.75, 3.05) is 5.43 Å². The Labute approximate surface area is 188 Å². The third-order valence-electron chi connectivity index (χ3n) is 4.99. The predicted octanol–water partition coefficient (Wildman–Crippen LogP) is 7.19. The highest BCUT2D eigenvalue weighted by Crippen LogP contribution is 2.30. The van der Waals surface area contributed by atoms with Crippen LogP contribution < -0.4 is 10.8 Å². The first-order chi connectivity index (χ1) is 15.1. The minimum Gasteiger partial charge on any atom is -0.454 e. The van der Waals surface area contributed by atoms with Gasteiger partial charge in [0.05, 0.1) is 15.9 Å². The fourth-order valence-corrected chi connectivity index (χ4v) is 3.93. The van der Waals surface area contributed by atoms with E-state index in [0.29, 0.717) is 37.9 Å². The molecule has 152 valence electrons. The third kappa shape index (κ3) is 4.00. The summed E-state index contributed by atoms with van der Waals surface area (Å²) in [6, 6.07) is 25.2. The molecule has 0 amide bonds. The van der Waals surface area contributed by atoms with E-state index < -0.39 is 0 Å². The molecule has 2 heterocycles. The van der Waals surface area contributed by atoms with E-state index in [1.165, 1.54) is 5.56 Å². The molecule has 0 aliphatic carbocycles. The molecule has 0 spiro atoms. The van der Waals surface area contributed by atoms with Crippen molar-refractivity contribution >= 4 is 50.9 Å². The maximum Gasteiger partial charge on any atom is 0.155 e. The Morgan fingerprint density at radius 1 is 0.903 bits per heavy atom. The second-order valence-electron chi connectivity index (χ2n) is 7.24. The van der Waals surface area contributed by atoms with Crippen molar-refractivity contribution in [1.29, 1.82) is 0 Å². The third-order valence-corrected chi connectivity index (χ3v) is 5.49. The zero-order valence-electron chi connectivity index (χ0n) is 16.6. The fraction of sp³-hybridized carbons (Fsp3) is 0.0400. The lowest BCUT2D eigenvalue weighted by Gasteiger charge is -2.08. The average molecular weight is 446 g/mol. The molecule has 0 saturated carbocycles. The lowest BCUT2D eigenvalue weighted by Crippen LogP contribution is -2.08. The molecular formula is C25H17Cl2N3O. The lowest BCUT2D eigenvalue weighted by molar-refractivity contribution is 0.618. The molecule has 31 heavy (non-hydrogen) atoms. The van der Waals surface area contributed by atoms with Gasteiger partial charge in [-0.05, 0) is 37.3 Å². The maximum atomic E-state index is 6.45. The Kier molecular flexibility index (Phi) is 5.10. The minimum atomic E-state index is 0.428. The fourth-order valence-electron chi connectivity index (χ4n) is 3.39. The number of hydrogen-bond acceptors (Lipinski definition) is 4. The highest BCUT2D eigenvalue weighted by atomic mass is 35.5. The van der Waals surface area contributed by atoms with Crippen molar-refractivity contribution in [2.24, 2.45) is 5.10 Å². The Bertz CT molecular complexity index is 1490. The van der Waals surface area contributed by atoms with Gasteiger partial charge in [-0.3, -0.25) is 5.43 Å². The molecule has 0 bridgehead atoms. The van der Waals surface area contributed by atoms with Gasteiger partial charge in [0.2, 0.25) is 0 Å². The first kappa shape index (κ1) is 19.6. The van der Waals surface area contributed by atoms with E-state index >= 15 is 0 Å². The zero-order valence-corrected chi connectivity index (χ0v) is 18.1. The highest BCUT2D eigenvalue weighted by molar-refractivity contribution is 6.38. The Morgan fingerprint density at radius 2 is 1.71 bits per heavy atom. The van der Waals surface area contributed by atoms with Crippen molar-refractivity contribution in [3.05, 3.63) is 99.8 Å². The number of nitrogens with one attached hydrogen (secondary N) is 1. The minimum absolute atomic E-state index is 0.428. The molecule has 0 radical (unpaired) electrons. The number of hydrogen-bond donors (Lipinski definition) is 1. The van der Waals surface area contributed by atoms with Crippen molar-refractivity contribution in [1.82, 2.24) is 4.98 Å². The van der Waals surface area contributed by atoms with Crippen LogP contribution in [0.25, 0.3) is 33.2 Å². The van der Waals surface area contributed by atoms with Crippen LogP contribution in [0.2, 0.25) is 10.0 Å². The summed E-state index contributed by atoms with van der Waals surface area (Å²) in [5.41, 5.74) is 6.57. The molecule has 4 nitrogen and oxygen atoms in total. The molecule has 1 N–H and O–H groups in total. The van der Waals surface area contributed by atoms with Gasteiger partial charge in [0.1, 0.15) is 11.6 Å². The van der Waals surface area contributed by atoms with E-state index in [0.717, 1.165) is 16.5 Å². The summed E-state index contributed by atoms with van der Waals surface area (Å²) in [5.74, 6) is 1.29. The van der Waals surface area contributed by atoms with Crippen LogP contribution in [0.5, 0.6) is 0 Å². The van der Waals surface area contributed by atoms with Gasteiger partial charge < -0.3 is 4.42 Å². The van der Waals surface area contributed by atoms with Gasteiger partial charge in [0.25, 0.3) is 0 Å². The van der Waals surface area contributed by atoms with Crippen LogP contribution in [0.1, 0.15) is 5.56 Å².